The minimum Gasteiger partial charge on any atom is -0.459 e. The number of carbonyl (C=O) groups is 3. The van der Waals surface area contributed by atoms with Gasteiger partial charge in [0.1, 0.15) is 12.7 Å². The number of fused-ring (bicyclic) bond motifs is 1. The highest BCUT2D eigenvalue weighted by atomic mass is 32.1. The molecule has 5 aromatic rings. The molecule has 3 aromatic carbocycles. The Morgan fingerprint density at radius 1 is 0.698 bits per heavy atom. The van der Waals surface area contributed by atoms with Crippen LogP contribution >= 0.6 is 11.3 Å². The monoisotopic (exact) mass is 595 g/mol. The van der Waals surface area contributed by atoms with E-state index in [-0.39, 0.29) is 23.3 Å². The van der Waals surface area contributed by atoms with Crippen molar-refractivity contribution in [3.05, 3.63) is 142 Å². The summed E-state index contributed by atoms with van der Waals surface area (Å²) in [5.74, 6) is -2.02. The maximum absolute atomic E-state index is 13.5. The van der Waals surface area contributed by atoms with Gasteiger partial charge in [-0.25, -0.2) is 14.4 Å². The van der Waals surface area contributed by atoms with Crippen LogP contribution in [0, 0.1) is 0 Å². The molecule has 43 heavy (non-hydrogen) atoms. The third-order valence-corrected chi connectivity index (χ3v) is 7.88. The second kappa shape index (κ2) is 12.4. The first-order valence-corrected chi connectivity index (χ1v) is 14.4. The van der Waals surface area contributed by atoms with Crippen molar-refractivity contribution in [2.24, 2.45) is 0 Å². The van der Waals surface area contributed by atoms with Gasteiger partial charge in [0.2, 0.25) is 0 Å². The number of hydrogen-bond acceptors (Lipinski definition) is 9. The van der Waals surface area contributed by atoms with Crippen LogP contribution in [0.15, 0.2) is 119 Å². The van der Waals surface area contributed by atoms with Crippen molar-refractivity contribution in [1.29, 1.82) is 0 Å². The predicted octanol–water partition coefficient (Wildman–Crippen LogP) is 5.27. The lowest BCUT2D eigenvalue weighted by Crippen LogP contribution is -2.42. The average molecular weight is 596 g/mol. The normalized spacial score (nSPS) is 19.5. The second-order valence-electron chi connectivity index (χ2n) is 9.73. The van der Waals surface area contributed by atoms with Crippen LogP contribution in [-0.4, -0.2) is 47.4 Å². The highest BCUT2D eigenvalue weighted by molar-refractivity contribution is 7.17. The fourth-order valence-electron chi connectivity index (χ4n) is 4.86. The summed E-state index contributed by atoms with van der Waals surface area (Å²) in [5, 5.41) is 2.26. The maximum Gasteiger partial charge on any atom is 0.338 e. The number of benzene rings is 3. The quantitative estimate of drug-likeness (QED) is 0.176. The lowest BCUT2D eigenvalue weighted by atomic mass is 10.1. The first-order chi connectivity index (χ1) is 21.0. The van der Waals surface area contributed by atoms with Crippen molar-refractivity contribution < 1.29 is 33.3 Å². The van der Waals surface area contributed by atoms with Crippen molar-refractivity contribution in [3.8, 4) is 0 Å². The largest absolute Gasteiger partial charge is 0.459 e. The molecule has 0 amide bonds. The van der Waals surface area contributed by atoms with Gasteiger partial charge >= 0.3 is 17.9 Å². The molecule has 0 N–H and O–H groups in total. The van der Waals surface area contributed by atoms with E-state index in [4.69, 9.17) is 18.9 Å². The molecule has 1 aliphatic heterocycles. The highest BCUT2D eigenvalue weighted by Crippen LogP contribution is 2.35. The van der Waals surface area contributed by atoms with Crippen LogP contribution in [0.5, 0.6) is 0 Å². The van der Waals surface area contributed by atoms with E-state index >= 15 is 0 Å². The highest BCUT2D eigenvalue weighted by Gasteiger charge is 2.51. The van der Waals surface area contributed by atoms with E-state index in [1.807, 2.05) is 0 Å². The van der Waals surface area contributed by atoms with Crippen molar-refractivity contribution in [3.63, 3.8) is 0 Å². The summed E-state index contributed by atoms with van der Waals surface area (Å²) >= 11 is 1.41. The van der Waals surface area contributed by atoms with E-state index in [2.05, 4.69) is 0 Å². The molecule has 1 saturated heterocycles. The van der Waals surface area contributed by atoms with Crippen molar-refractivity contribution >= 4 is 39.3 Å². The third-order valence-electron chi connectivity index (χ3n) is 7.00. The standard InChI is InChI=1S/C33H25NO8S/c35-29-24-17-19-43-26(24)16-18-34(29)30-28(42-33(38)23-14-8-3-9-15-23)27(41-32(37)22-12-6-2-7-13-22)25(40-30)20-39-31(36)21-10-4-1-5-11-21/h1-19,25,27-28,30H,20H2/t25-,27+,28-,30-/m1/s1. The molecule has 1 fully saturated rings. The van der Waals surface area contributed by atoms with Crippen LogP contribution in [0.1, 0.15) is 37.3 Å². The Morgan fingerprint density at radius 2 is 1.23 bits per heavy atom. The number of thiophene rings is 1. The minimum absolute atomic E-state index is 0.258. The molecule has 10 heteroatoms. The number of ether oxygens (including phenoxy) is 4. The molecule has 0 saturated carbocycles. The molecule has 2 aromatic heterocycles. The molecule has 0 aliphatic carbocycles. The summed E-state index contributed by atoms with van der Waals surface area (Å²) in [4.78, 5) is 52.9. The maximum atomic E-state index is 13.5. The molecule has 0 spiro atoms. The zero-order valence-electron chi connectivity index (χ0n) is 22.6. The average Bonchev–Trinajstić information content (AvgIpc) is 3.67. The van der Waals surface area contributed by atoms with Gasteiger partial charge in [0.25, 0.3) is 5.56 Å². The first kappa shape index (κ1) is 28.1. The zero-order chi connectivity index (χ0) is 29.8. The summed E-state index contributed by atoms with van der Waals surface area (Å²) in [6, 6.07) is 28.4. The first-order valence-electron chi connectivity index (χ1n) is 13.5. The van der Waals surface area contributed by atoms with E-state index in [0.29, 0.717) is 10.9 Å². The van der Waals surface area contributed by atoms with Crippen molar-refractivity contribution in [2.45, 2.75) is 24.5 Å². The molecule has 3 heterocycles. The molecule has 1 aliphatic rings. The smallest absolute Gasteiger partial charge is 0.338 e. The SMILES string of the molecule is O=C(OC[C@H]1O[C@@H](n2ccc3sccc3c2=O)[C@H](OC(=O)c2ccccc2)[C@H]1OC(=O)c1ccccc1)c1ccccc1. The van der Waals surface area contributed by atoms with Gasteiger partial charge in [0.05, 0.1) is 22.1 Å². The zero-order valence-corrected chi connectivity index (χ0v) is 23.4. The summed E-state index contributed by atoms with van der Waals surface area (Å²) < 4.78 is 25.8. The molecule has 0 unspecified atom stereocenters. The molecule has 216 valence electrons. The van der Waals surface area contributed by atoms with Gasteiger partial charge < -0.3 is 18.9 Å². The Hall–Kier alpha value is -5.06. The van der Waals surface area contributed by atoms with Crippen molar-refractivity contribution in [1.82, 2.24) is 4.57 Å². The number of esters is 3. The number of pyridine rings is 1. The molecular weight excluding hydrogens is 570 g/mol. The third kappa shape index (κ3) is 5.97. The van der Waals surface area contributed by atoms with Crippen LogP contribution in [0.25, 0.3) is 10.1 Å². The fourth-order valence-corrected chi connectivity index (χ4v) is 5.64. The van der Waals surface area contributed by atoms with Crippen molar-refractivity contribution in [2.75, 3.05) is 6.61 Å². The Bertz CT molecular complexity index is 1800. The van der Waals surface area contributed by atoms with Crippen LogP contribution < -0.4 is 5.56 Å². The number of nitrogens with zero attached hydrogens (tertiary/aromatic N) is 1. The summed E-state index contributed by atoms with van der Waals surface area (Å²) in [6.45, 7) is -0.341. The fraction of sp³-hybridized carbons (Fsp3) is 0.152. The van der Waals surface area contributed by atoms with Gasteiger partial charge in [0, 0.05) is 10.9 Å². The van der Waals surface area contributed by atoms with Crippen LogP contribution in [-0.2, 0) is 18.9 Å². The summed E-state index contributed by atoms with van der Waals surface area (Å²) in [5.41, 5.74) is 0.464. The van der Waals surface area contributed by atoms with E-state index < -0.39 is 42.4 Å². The Balaban J connectivity index is 1.37. The lowest BCUT2D eigenvalue weighted by Gasteiger charge is -2.25. The van der Waals surface area contributed by atoms with Gasteiger partial charge in [0.15, 0.2) is 18.4 Å². The molecule has 4 atom stereocenters. The molecular formula is C33H25NO8S. The van der Waals surface area contributed by atoms with E-state index in [1.54, 1.807) is 115 Å². The van der Waals surface area contributed by atoms with Gasteiger partial charge in [-0.3, -0.25) is 9.36 Å². The number of rotatable bonds is 8. The number of aromatic nitrogens is 1. The molecule has 9 nitrogen and oxygen atoms in total. The number of hydrogen-bond donors (Lipinski definition) is 0. The minimum atomic E-state index is -1.27. The predicted molar refractivity (Wildman–Crippen MR) is 158 cm³/mol. The van der Waals surface area contributed by atoms with E-state index in [9.17, 15) is 19.2 Å². The molecule has 0 bridgehead atoms. The summed E-state index contributed by atoms with van der Waals surface area (Å²) in [7, 11) is 0. The second-order valence-corrected chi connectivity index (χ2v) is 10.7. The van der Waals surface area contributed by atoms with Crippen LogP contribution in [0.4, 0.5) is 0 Å². The molecule has 6 rings (SSSR count). The van der Waals surface area contributed by atoms with Crippen LogP contribution in [0.2, 0.25) is 0 Å². The Labute approximate surface area is 249 Å². The van der Waals surface area contributed by atoms with Gasteiger partial charge in [-0.2, -0.15) is 0 Å². The summed E-state index contributed by atoms with van der Waals surface area (Å²) in [6.07, 6.45) is -3.24. The number of carbonyl (C=O) groups excluding carboxylic acids is 3. The molecule has 0 radical (unpaired) electrons. The van der Waals surface area contributed by atoms with E-state index in [1.165, 1.54) is 15.9 Å². The topological polar surface area (TPSA) is 110 Å². The Morgan fingerprint density at radius 3 is 1.81 bits per heavy atom. The van der Waals surface area contributed by atoms with Gasteiger partial charge in [-0.05, 0) is 53.9 Å². The lowest BCUT2D eigenvalue weighted by molar-refractivity contribution is -0.0632. The van der Waals surface area contributed by atoms with Crippen LogP contribution in [0.3, 0.4) is 0 Å². The van der Waals surface area contributed by atoms with E-state index in [0.717, 1.165) is 4.70 Å². The Kier molecular flexibility index (Phi) is 8.12. The van der Waals surface area contributed by atoms with Gasteiger partial charge in [-0.1, -0.05) is 54.6 Å². The van der Waals surface area contributed by atoms with Gasteiger partial charge in [-0.15, -0.1) is 11.3 Å².